The second-order valence-corrected chi connectivity index (χ2v) is 2.71. The van der Waals surface area contributed by atoms with Gasteiger partial charge in [-0.2, -0.15) is 0 Å². The van der Waals surface area contributed by atoms with Crippen LogP contribution < -0.4 is 11.1 Å². The highest BCUT2D eigenvalue weighted by Gasteiger charge is 2.11. The highest BCUT2D eigenvalue weighted by molar-refractivity contribution is 5.94. The first-order valence-corrected chi connectivity index (χ1v) is 4.06. The Hall–Kier alpha value is -1.04. The smallest absolute Gasteiger partial charge is 0.197 e. The van der Waals surface area contributed by atoms with Crippen molar-refractivity contribution in [2.24, 2.45) is 5.73 Å². The quantitative estimate of drug-likeness (QED) is 0.417. The minimum Gasteiger partial charge on any atom is -0.370 e. The van der Waals surface area contributed by atoms with E-state index in [-0.39, 0.29) is 30.9 Å². The molecule has 84 valence electrons. The van der Waals surface area contributed by atoms with Crippen molar-refractivity contribution >= 4 is 24.3 Å². The summed E-state index contributed by atoms with van der Waals surface area (Å²) >= 11 is 0. The van der Waals surface area contributed by atoms with Crippen LogP contribution >= 0.6 is 12.4 Å². The molecule has 0 aromatic heterocycles. The molecule has 0 aliphatic heterocycles. The monoisotopic (exact) mass is 225 g/mol. The normalized spacial score (nSPS) is 11.1. The largest absolute Gasteiger partial charge is 0.370 e. The summed E-state index contributed by atoms with van der Waals surface area (Å²) in [5.41, 5.74) is 5.03. The average Bonchev–Trinajstić information content (AvgIpc) is 1.98. The van der Waals surface area contributed by atoms with E-state index in [0.717, 1.165) is 0 Å². The molecular weight excluding hydrogens is 209 g/mol. The summed E-state index contributed by atoms with van der Waals surface area (Å²) in [5.74, 6) is -0.352. The van der Waals surface area contributed by atoms with Crippen LogP contribution in [0.3, 0.4) is 0 Å². The van der Waals surface area contributed by atoms with Gasteiger partial charge in [0.15, 0.2) is 11.9 Å². The molecule has 0 rings (SSSR count). The summed E-state index contributed by atoms with van der Waals surface area (Å²) in [5, 5.41) is 16.6. The predicted molar refractivity (Wildman–Crippen MR) is 57.8 cm³/mol. The number of hydrogen-bond donors (Lipinski definition) is 4. The first-order chi connectivity index (χ1) is 5.97. The first-order valence-electron chi connectivity index (χ1n) is 4.06. The van der Waals surface area contributed by atoms with Crippen LogP contribution in [-0.4, -0.2) is 36.1 Å². The van der Waals surface area contributed by atoms with E-state index >= 15 is 0 Å². The summed E-state index contributed by atoms with van der Waals surface area (Å²) in [6.07, 6.45) is -1.01. The Kier molecular flexibility index (Phi) is 8.13. The number of nitrogens with one attached hydrogen (secondary N) is 3. The minimum absolute atomic E-state index is 0. The average molecular weight is 226 g/mol. The highest BCUT2D eigenvalue weighted by atomic mass is 35.5. The Morgan fingerprint density at radius 1 is 1.57 bits per heavy atom. The van der Waals surface area contributed by atoms with Gasteiger partial charge in [-0.05, 0) is 13.8 Å². The summed E-state index contributed by atoms with van der Waals surface area (Å²) < 4.78 is 12.6. The Morgan fingerprint density at radius 2 is 2.07 bits per heavy atom. The van der Waals surface area contributed by atoms with Crippen molar-refractivity contribution in [1.82, 2.24) is 10.2 Å². The van der Waals surface area contributed by atoms with Crippen molar-refractivity contribution in [3.63, 3.8) is 0 Å². The van der Waals surface area contributed by atoms with Gasteiger partial charge in [-0.3, -0.25) is 16.1 Å². The van der Waals surface area contributed by atoms with Gasteiger partial charge in [0.1, 0.15) is 6.17 Å². The Morgan fingerprint density at radius 3 is 2.36 bits per heavy atom. The van der Waals surface area contributed by atoms with Gasteiger partial charge in [0, 0.05) is 6.54 Å². The molecule has 0 aliphatic rings. The molecule has 0 fully saturated rings. The van der Waals surface area contributed by atoms with Crippen LogP contribution in [0.4, 0.5) is 4.39 Å². The van der Waals surface area contributed by atoms with Gasteiger partial charge in [0.2, 0.25) is 0 Å². The SMILES string of the molecule is CCN(CC(C)F)C(=N)NC(=N)N.Cl. The lowest BCUT2D eigenvalue weighted by molar-refractivity contribution is 0.276. The van der Waals surface area contributed by atoms with Gasteiger partial charge in [-0.25, -0.2) is 4.39 Å². The molecular formula is C7H17ClFN5. The van der Waals surface area contributed by atoms with Crippen molar-refractivity contribution in [2.75, 3.05) is 13.1 Å². The molecule has 0 heterocycles. The summed E-state index contributed by atoms with van der Waals surface area (Å²) in [4.78, 5) is 1.46. The first kappa shape index (κ1) is 15.4. The minimum atomic E-state index is -1.01. The molecule has 0 amide bonds. The van der Waals surface area contributed by atoms with Crippen molar-refractivity contribution in [3.05, 3.63) is 0 Å². The topological polar surface area (TPSA) is 89.0 Å². The van der Waals surface area contributed by atoms with Crippen molar-refractivity contribution in [1.29, 1.82) is 10.8 Å². The number of rotatable bonds is 3. The molecule has 1 atom stereocenters. The summed E-state index contributed by atoms with van der Waals surface area (Å²) in [6.45, 7) is 3.87. The van der Waals surface area contributed by atoms with Crippen LogP contribution in [0, 0.1) is 10.8 Å². The molecule has 0 radical (unpaired) electrons. The van der Waals surface area contributed by atoms with Gasteiger partial charge in [-0.1, -0.05) is 0 Å². The van der Waals surface area contributed by atoms with E-state index in [2.05, 4.69) is 5.32 Å². The van der Waals surface area contributed by atoms with Crippen LogP contribution in [0.2, 0.25) is 0 Å². The van der Waals surface area contributed by atoms with Crippen molar-refractivity contribution < 1.29 is 4.39 Å². The fourth-order valence-corrected chi connectivity index (χ4v) is 0.889. The van der Waals surface area contributed by atoms with Crippen LogP contribution in [0.5, 0.6) is 0 Å². The van der Waals surface area contributed by atoms with E-state index in [9.17, 15) is 4.39 Å². The Balaban J connectivity index is 0. The van der Waals surface area contributed by atoms with E-state index in [1.54, 1.807) is 6.92 Å². The van der Waals surface area contributed by atoms with Crippen LogP contribution in [-0.2, 0) is 0 Å². The third-order valence-electron chi connectivity index (χ3n) is 1.42. The molecule has 0 aromatic carbocycles. The molecule has 7 heteroatoms. The third-order valence-corrected chi connectivity index (χ3v) is 1.42. The third kappa shape index (κ3) is 6.47. The molecule has 14 heavy (non-hydrogen) atoms. The maximum Gasteiger partial charge on any atom is 0.197 e. The van der Waals surface area contributed by atoms with Crippen LogP contribution in [0.25, 0.3) is 0 Å². The number of guanidine groups is 2. The van der Waals surface area contributed by atoms with E-state index in [4.69, 9.17) is 16.6 Å². The molecule has 0 aromatic rings. The Bertz CT molecular complexity index is 197. The summed E-state index contributed by atoms with van der Waals surface area (Å²) in [7, 11) is 0. The highest BCUT2D eigenvalue weighted by Crippen LogP contribution is 1.95. The lowest BCUT2D eigenvalue weighted by Crippen LogP contribution is -2.47. The number of halogens is 2. The standard InChI is InChI=1S/C7H16FN5.ClH/c1-3-13(4-5(2)8)7(11)12-6(9)10;/h5H,3-4H2,1-2H3,(H5,9,10,11,12);1H. The summed E-state index contributed by atoms with van der Waals surface area (Å²) in [6, 6.07) is 0. The maximum absolute atomic E-state index is 12.6. The van der Waals surface area contributed by atoms with Crippen LogP contribution in [0.15, 0.2) is 0 Å². The number of nitrogens with two attached hydrogens (primary N) is 1. The number of alkyl halides is 1. The zero-order valence-corrected chi connectivity index (χ0v) is 9.12. The van der Waals surface area contributed by atoms with Crippen molar-refractivity contribution in [3.8, 4) is 0 Å². The molecule has 5 nitrogen and oxygen atoms in total. The van der Waals surface area contributed by atoms with Gasteiger partial charge in [-0.15, -0.1) is 12.4 Å². The molecule has 0 saturated heterocycles. The van der Waals surface area contributed by atoms with Crippen molar-refractivity contribution in [2.45, 2.75) is 20.0 Å². The van der Waals surface area contributed by atoms with Gasteiger partial charge in [0.05, 0.1) is 6.54 Å². The molecule has 1 unspecified atom stereocenters. The van der Waals surface area contributed by atoms with Crippen LogP contribution in [0.1, 0.15) is 13.8 Å². The second kappa shape index (κ2) is 7.37. The predicted octanol–water partition coefficient (Wildman–Crippen LogP) is 0.506. The number of nitrogens with zero attached hydrogens (tertiary/aromatic N) is 1. The lowest BCUT2D eigenvalue weighted by atomic mass is 10.4. The van der Waals surface area contributed by atoms with Gasteiger partial charge >= 0.3 is 0 Å². The molecule has 0 aliphatic carbocycles. The van der Waals surface area contributed by atoms with Gasteiger partial charge in [0.25, 0.3) is 0 Å². The van der Waals surface area contributed by atoms with Gasteiger partial charge < -0.3 is 10.6 Å². The zero-order valence-electron chi connectivity index (χ0n) is 8.30. The molecule has 5 N–H and O–H groups in total. The zero-order chi connectivity index (χ0) is 10.4. The Labute approximate surface area is 89.3 Å². The van der Waals surface area contributed by atoms with E-state index in [0.29, 0.717) is 6.54 Å². The fourth-order valence-electron chi connectivity index (χ4n) is 0.889. The van der Waals surface area contributed by atoms with E-state index in [1.165, 1.54) is 11.8 Å². The number of hydrogen-bond acceptors (Lipinski definition) is 2. The molecule has 0 bridgehead atoms. The maximum atomic E-state index is 12.6. The van der Waals surface area contributed by atoms with E-state index in [1.807, 2.05) is 0 Å². The van der Waals surface area contributed by atoms with E-state index < -0.39 is 6.17 Å². The second-order valence-electron chi connectivity index (χ2n) is 2.71. The molecule has 0 saturated carbocycles. The lowest BCUT2D eigenvalue weighted by Gasteiger charge is -2.23. The fraction of sp³-hybridized carbons (Fsp3) is 0.714. The molecule has 0 spiro atoms.